The summed E-state index contributed by atoms with van der Waals surface area (Å²) in [6.07, 6.45) is -3.30. The Kier molecular flexibility index (Phi) is 8.46. The molecule has 38 heavy (non-hydrogen) atoms. The molecule has 8 heteroatoms. The van der Waals surface area contributed by atoms with Crippen LogP contribution in [-0.2, 0) is 17.4 Å². The minimum Gasteiger partial charge on any atom is -0.478 e. The Hall–Kier alpha value is -3.13. The van der Waals surface area contributed by atoms with Crippen molar-refractivity contribution in [1.82, 2.24) is 0 Å². The van der Waals surface area contributed by atoms with Crippen LogP contribution in [-0.4, -0.2) is 22.5 Å². The molecule has 1 heterocycles. The Bertz CT molecular complexity index is 1290. The van der Waals surface area contributed by atoms with Crippen molar-refractivity contribution in [3.05, 3.63) is 75.7 Å². The standard InChI is InChI=1S/C30H33F3O4S/c1-18-15-20(16-19(2)26(18)37-29(6,27(35)36)17-28(3,4)5)7-12-23(34)25-14-13-24(38-25)21-8-10-22(11-9-21)30(31,32)33/h8-11,13-16H,7,12,17H2,1-6H3,(H,35,36). The third kappa shape index (κ3) is 7.25. The van der Waals surface area contributed by atoms with Crippen LogP contribution < -0.4 is 4.74 Å². The Labute approximate surface area is 225 Å². The number of halogens is 3. The van der Waals surface area contributed by atoms with Crippen molar-refractivity contribution < 1.29 is 32.6 Å². The number of rotatable bonds is 9. The SMILES string of the molecule is Cc1cc(CCC(=O)c2ccc(-c3ccc(C(F)(F)F)cc3)s2)cc(C)c1OC(C)(CC(C)(C)C)C(=O)O. The predicted molar refractivity (Wildman–Crippen MR) is 144 cm³/mol. The van der Waals surface area contributed by atoms with Crippen molar-refractivity contribution in [2.24, 2.45) is 5.41 Å². The molecule has 0 saturated carbocycles. The van der Waals surface area contributed by atoms with Crippen LogP contribution in [0, 0.1) is 19.3 Å². The number of thiophene rings is 1. The van der Waals surface area contributed by atoms with Crippen LogP contribution in [0.5, 0.6) is 5.75 Å². The molecule has 4 nitrogen and oxygen atoms in total. The smallest absolute Gasteiger partial charge is 0.416 e. The van der Waals surface area contributed by atoms with Gasteiger partial charge in [0.15, 0.2) is 5.78 Å². The highest BCUT2D eigenvalue weighted by Gasteiger charge is 2.40. The summed E-state index contributed by atoms with van der Waals surface area (Å²) in [7, 11) is 0. The Morgan fingerprint density at radius 3 is 2.00 bits per heavy atom. The number of carbonyl (C=O) groups excluding carboxylic acids is 1. The third-order valence-corrected chi connectivity index (χ3v) is 7.36. The van der Waals surface area contributed by atoms with Crippen molar-refractivity contribution in [3.8, 4) is 16.2 Å². The summed E-state index contributed by atoms with van der Waals surface area (Å²) in [6.45, 7) is 11.2. The molecule has 0 spiro atoms. The zero-order chi connectivity index (χ0) is 28.5. The zero-order valence-corrected chi connectivity index (χ0v) is 23.3. The lowest BCUT2D eigenvalue weighted by Gasteiger charge is -2.33. The van der Waals surface area contributed by atoms with Gasteiger partial charge in [-0.1, -0.05) is 45.0 Å². The molecule has 1 unspecified atom stereocenters. The second kappa shape index (κ2) is 10.9. The number of ketones is 1. The van der Waals surface area contributed by atoms with Gasteiger partial charge in [-0.15, -0.1) is 11.3 Å². The topological polar surface area (TPSA) is 63.6 Å². The van der Waals surface area contributed by atoms with Gasteiger partial charge in [0.05, 0.1) is 10.4 Å². The molecule has 0 aliphatic rings. The summed E-state index contributed by atoms with van der Waals surface area (Å²) in [6, 6.07) is 12.2. The summed E-state index contributed by atoms with van der Waals surface area (Å²) in [5, 5.41) is 9.86. The number of Topliss-reactive ketones (excluding diaryl/α,β-unsaturated/α-hetero) is 1. The van der Waals surface area contributed by atoms with E-state index in [0.717, 1.165) is 33.7 Å². The number of carboxylic acids is 1. The van der Waals surface area contributed by atoms with Crippen LogP contribution in [0.4, 0.5) is 13.2 Å². The van der Waals surface area contributed by atoms with Crippen LogP contribution in [0.2, 0.25) is 0 Å². The first kappa shape index (κ1) is 29.4. The maximum atomic E-state index is 12.9. The summed E-state index contributed by atoms with van der Waals surface area (Å²) in [5.41, 5.74) is 0.831. The molecule has 0 saturated heterocycles. The summed E-state index contributed by atoms with van der Waals surface area (Å²) >= 11 is 1.26. The number of hydrogen-bond donors (Lipinski definition) is 1. The zero-order valence-electron chi connectivity index (χ0n) is 22.5. The number of aryl methyl sites for hydroxylation is 3. The maximum absolute atomic E-state index is 12.9. The molecule has 0 fully saturated rings. The molecule has 3 aromatic rings. The van der Waals surface area contributed by atoms with Gasteiger partial charge in [0, 0.05) is 17.7 Å². The van der Waals surface area contributed by atoms with E-state index in [-0.39, 0.29) is 17.6 Å². The van der Waals surface area contributed by atoms with Gasteiger partial charge in [0.25, 0.3) is 0 Å². The average molecular weight is 547 g/mol. The summed E-state index contributed by atoms with van der Waals surface area (Å²) in [4.78, 5) is 26.2. The highest BCUT2D eigenvalue weighted by Crippen LogP contribution is 2.36. The summed E-state index contributed by atoms with van der Waals surface area (Å²) in [5.74, 6) is -0.534. The molecule has 1 N–H and O–H groups in total. The van der Waals surface area contributed by atoms with E-state index in [1.807, 2.05) is 46.8 Å². The molecule has 1 aromatic heterocycles. The molecule has 0 amide bonds. The Morgan fingerprint density at radius 2 is 1.50 bits per heavy atom. The monoisotopic (exact) mass is 546 g/mol. The van der Waals surface area contributed by atoms with Crippen LogP contribution >= 0.6 is 11.3 Å². The van der Waals surface area contributed by atoms with Gasteiger partial charge < -0.3 is 9.84 Å². The second-order valence-corrected chi connectivity index (χ2v) is 12.2. The number of benzene rings is 2. The van der Waals surface area contributed by atoms with E-state index in [0.29, 0.717) is 29.0 Å². The van der Waals surface area contributed by atoms with Crippen molar-refractivity contribution in [3.63, 3.8) is 0 Å². The number of aliphatic carboxylic acids is 1. The van der Waals surface area contributed by atoms with E-state index in [9.17, 15) is 27.9 Å². The van der Waals surface area contributed by atoms with Gasteiger partial charge in [-0.25, -0.2) is 4.79 Å². The molecule has 0 bridgehead atoms. The molecule has 3 rings (SSSR count). The maximum Gasteiger partial charge on any atom is 0.416 e. The van der Waals surface area contributed by atoms with Crippen molar-refractivity contribution in [2.75, 3.05) is 0 Å². The second-order valence-electron chi connectivity index (χ2n) is 11.1. The Morgan fingerprint density at radius 1 is 0.921 bits per heavy atom. The fourth-order valence-corrected chi connectivity index (χ4v) is 5.56. The van der Waals surface area contributed by atoms with Crippen LogP contribution in [0.1, 0.15) is 72.5 Å². The average Bonchev–Trinajstić information content (AvgIpc) is 3.29. The van der Waals surface area contributed by atoms with Crippen LogP contribution in [0.3, 0.4) is 0 Å². The van der Waals surface area contributed by atoms with Crippen LogP contribution in [0.15, 0.2) is 48.5 Å². The Balaban J connectivity index is 1.69. The predicted octanol–water partition coefficient (Wildman–Crippen LogP) is 8.52. The van der Waals surface area contributed by atoms with E-state index >= 15 is 0 Å². The molecule has 2 aromatic carbocycles. The number of alkyl halides is 3. The first-order valence-electron chi connectivity index (χ1n) is 12.3. The molecular weight excluding hydrogens is 513 g/mol. The van der Waals surface area contributed by atoms with Gasteiger partial charge in [-0.2, -0.15) is 13.2 Å². The molecular formula is C30H33F3O4S. The minimum atomic E-state index is -4.39. The van der Waals surface area contributed by atoms with Gasteiger partial charge in [0.2, 0.25) is 5.60 Å². The van der Waals surface area contributed by atoms with E-state index < -0.39 is 23.3 Å². The molecule has 204 valence electrons. The quantitative estimate of drug-likeness (QED) is 0.273. The van der Waals surface area contributed by atoms with E-state index in [1.54, 1.807) is 19.1 Å². The minimum absolute atomic E-state index is 0.0487. The van der Waals surface area contributed by atoms with Gasteiger partial charge in [0.1, 0.15) is 5.75 Å². The number of ether oxygens (including phenoxy) is 1. The van der Waals surface area contributed by atoms with Gasteiger partial charge >= 0.3 is 12.1 Å². The molecule has 0 aliphatic heterocycles. The fourth-order valence-electron chi connectivity index (χ4n) is 4.59. The first-order valence-corrected chi connectivity index (χ1v) is 13.1. The van der Waals surface area contributed by atoms with E-state index in [4.69, 9.17) is 4.74 Å². The molecule has 0 aliphatic carbocycles. The van der Waals surface area contributed by atoms with Gasteiger partial charge in [-0.3, -0.25) is 4.79 Å². The third-order valence-electron chi connectivity index (χ3n) is 6.19. The lowest BCUT2D eigenvalue weighted by molar-refractivity contribution is -0.156. The fraction of sp³-hybridized carbons (Fsp3) is 0.400. The number of carbonyl (C=O) groups is 2. The first-order chi connectivity index (χ1) is 17.5. The van der Waals surface area contributed by atoms with E-state index in [2.05, 4.69) is 0 Å². The number of carboxylic acid groups (broad SMARTS) is 1. The van der Waals surface area contributed by atoms with Crippen LogP contribution in [0.25, 0.3) is 10.4 Å². The highest BCUT2D eigenvalue weighted by molar-refractivity contribution is 7.17. The van der Waals surface area contributed by atoms with Crippen molar-refractivity contribution in [1.29, 1.82) is 0 Å². The number of hydrogen-bond acceptors (Lipinski definition) is 4. The van der Waals surface area contributed by atoms with Crippen molar-refractivity contribution >= 4 is 23.1 Å². The molecule has 1 atom stereocenters. The largest absolute Gasteiger partial charge is 0.478 e. The highest BCUT2D eigenvalue weighted by atomic mass is 32.1. The molecule has 0 radical (unpaired) electrons. The van der Waals surface area contributed by atoms with E-state index in [1.165, 1.54) is 23.5 Å². The lowest BCUT2D eigenvalue weighted by Crippen LogP contribution is -2.44. The van der Waals surface area contributed by atoms with Crippen molar-refractivity contribution in [2.45, 2.75) is 72.6 Å². The normalized spacial score (nSPS) is 13.7. The van der Waals surface area contributed by atoms with Gasteiger partial charge in [-0.05, 0) is 79.1 Å². The lowest BCUT2D eigenvalue weighted by atomic mass is 9.82. The summed E-state index contributed by atoms with van der Waals surface area (Å²) < 4.78 is 44.6.